The van der Waals surface area contributed by atoms with Crippen molar-refractivity contribution in [2.75, 3.05) is 6.61 Å². The van der Waals surface area contributed by atoms with Crippen LogP contribution in [0.1, 0.15) is 11.7 Å². The van der Waals surface area contributed by atoms with Crippen LogP contribution in [-0.2, 0) is 11.0 Å². The van der Waals surface area contributed by atoms with Gasteiger partial charge in [0.15, 0.2) is 6.10 Å². The number of carbonyl (C=O) groups is 1. The lowest BCUT2D eigenvalue weighted by molar-refractivity contribution is -0.212. The summed E-state index contributed by atoms with van der Waals surface area (Å²) in [7, 11) is 0. The highest BCUT2D eigenvalue weighted by Crippen LogP contribution is 2.37. The number of nitrogens with two attached hydrogens (primary N) is 1. The monoisotopic (exact) mass is 313 g/mol. The third kappa shape index (κ3) is 2.57. The fraction of sp³-hybridized carbons (Fsp3) is 0.231. The lowest BCUT2D eigenvalue weighted by Crippen LogP contribution is -2.18. The molecular weight excluding hydrogens is 303 g/mol. The van der Waals surface area contributed by atoms with Crippen molar-refractivity contribution in [3.05, 3.63) is 36.2 Å². The van der Waals surface area contributed by atoms with Crippen molar-refractivity contribution in [3.63, 3.8) is 0 Å². The van der Waals surface area contributed by atoms with Crippen LogP contribution in [0.2, 0.25) is 0 Å². The normalized spacial score (nSPS) is 17.0. The SMILES string of the molecule is NC(=O)OC1COc2cc(-c3cnn(C(F)(F)F)c3)ccc21. The first kappa shape index (κ1) is 14.2. The number of amides is 1. The molecule has 0 radical (unpaired) electrons. The van der Waals surface area contributed by atoms with E-state index in [4.69, 9.17) is 15.2 Å². The molecule has 1 aromatic heterocycles. The van der Waals surface area contributed by atoms with Crippen LogP contribution in [0.3, 0.4) is 0 Å². The average molecular weight is 313 g/mol. The highest BCUT2D eigenvalue weighted by atomic mass is 19.4. The number of benzene rings is 1. The van der Waals surface area contributed by atoms with Crippen molar-refractivity contribution >= 4 is 6.09 Å². The Morgan fingerprint density at radius 1 is 1.41 bits per heavy atom. The summed E-state index contributed by atoms with van der Waals surface area (Å²) < 4.78 is 47.7. The van der Waals surface area contributed by atoms with Crippen LogP contribution in [-0.4, -0.2) is 22.5 Å². The first-order valence-corrected chi connectivity index (χ1v) is 6.19. The van der Waals surface area contributed by atoms with E-state index in [0.717, 1.165) is 12.4 Å². The lowest BCUT2D eigenvalue weighted by Gasteiger charge is -2.08. The smallest absolute Gasteiger partial charge is 0.489 e. The van der Waals surface area contributed by atoms with Crippen LogP contribution >= 0.6 is 0 Å². The summed E-state index contributed by atoms with van der Waals surface area (Å²) in [4.78, 5) is 10.8. The third-order valence-electron chi connectivity index (χ3n) is 3.18. The van der Waals surface area contributed by atoms with E-state index in [1.165, 1.54) is 0 Å². The standard InChI is InChI=1S/C13H10F3N3O3/c14-13(15,16)19-5-8(4-18-19)7-1-2-9-10(3-7)21-6-11(9)22-12(17)20/h1-5,11H,6H2,(H2,17,20). The maximum atomic E-state index is 12.5. The van der Waals surface area contributed by atoms with Crippen LogP contribution < -0.4 is 10.5 Å². The molecule has 1 amide bonds. The second kappa shape index (κ2) is 4.93. The molecule has 0 fully saturated rings. The van der Waals surface area contributed by atoms with E-state index in [-0.39, 0.29) is 11.3 Å². The largest absolute Gasteiger partial charge is 0.504 e. The number of alkyl halides is 3. The van der Waals surface area contributed by atoms with Gasteiger partial charge in [0.25, 0.3) is 0 Å². The van der Waals surface area contributed by atoms with Gasteiger partial charge in [0.1, 0.15) is 12.4 Å². The number of hydrogen-bond donors (Lipinski definition) is 1. The molecule has 0 saturated heterocycles. The molecule has 6 nitrogen and oxygen atoms in total. The number of carbonyl (C=O) groups excluding carboxylic acids is 1. The molecule has 22 heavy (non-hydrogen) atoms. The van der Waals surface area contributed by atoms with Gasteiger partial charge in [0.05, 0.1) is 6.20 Å². The molecule has 1 atom stereocenters. The Morgan fingerprint density at radius 3 is 2.82 bits per heavy atom. The van der Waals surface area contributed by atoms with E-state index < -0.39 is 18.5 Å². The molecule has 2 N–H and O–H groups in total. The second-order valence-electron chi connectivity index (χ2n) is 4.63. The number of primary amides is 1. The minimum atomic E-state index is -4.56. The van der Waals surface area contributed by atoms with Gasteiger partial charge in [0.2, 0.25) is 0 Å². The van der Waals surface area contributed by atoms with Crippen LogP contribution in [0.4, 0.5) is 18.0 Å². The number of ether oxygens (including phenoxy) is 2. The van der Waals surface area contributed by atoms with Gasteiger partial charge in [0, 0.05) is 17.3 Å². The maximum absolute atomic E-state index is 12.5. The summed E-state index contributed by atoms with van der Waals surface area (Å²) in [6.45, 7) is 0.115. The molecule has 2 heterocycles. The topological polar surface area (TPSA) is 79.4 Å². The van der Waals surface area contributed by atoms with E-state index in [1.54, 1.807) is 18.2 Å². The number of rotatable bonds is 2. The molecule has 1 aromatic carbocycles. The molecule has 0 spiro atoms. The molecule has 0 saturated carbocycles. The predicted molar refractivity (Wildman–Crippen MR) is 67.9 cm³/mol. The van der Waals surface area contributed by atoms with Crippen LogP contribution in [0.15, 0.2) is 30.6 Å². The molecule has 3 rings (SSSR count). The minimum Gasteiger partial charge on any atom is -0.489 e. The second-order valence-corrected chi connectivity index (χ2v) is 4.63. The number of aromatic nitrogens is 2. The highest BCUT2D eigenvalue weighted by molar-refractivity contribution is 5.67. The van der Waals surface area contributed by atoms with Crippen LogP contribution in [0, 0.1) is 0 Å². The maximum Gasteiger partial charge on any atom is 0.504 e. The van der Waals surface area contributed by atoms with E-state index in [1.807, 2.05) is 0 Å². The third-order valence-corrected chi connectivity index (χ3v) is 3.18. The Labute approximate surface area is 122 Å². The fourth-order valence-electron chi connectivity index (χ4n) is 2.21. The molecule has 0 bridgehead atoms. The van der Waals surface area contributed by atoms with Crippen molar-refractivity contribution < 1.29 is 27.4 Å². The fourth-order valence-corrected chi connectivity index (χ4v) is 2.21. The van der Waals surface area contributed by atoms with Gasteiger partial charge in [-0.15, -0.1) is 13.2 Å². The highest BCUT2D eigenvalue weighted by Gasteiger charge is 2.32. The van der Waals surface area contributed by atoms with Crippen molar-refractivity contribution in [2.24, 2.45) is 5.73 Å². The first-order chi connectivity index (χ1) is 10.3. The Morgan fingerprint density at radius 2 is 2.18 bits per heavy atom. The minimum absolute atomic E-state index is 0.0740. The van der Waals surface area contributed by atoms with Crippen molar-refractivity contribution in [1.29, 1.82) is 0 Å². The van der Waals surface area contributed by atoms with Gasteiger partial charge in [-0.3, -0.25) is 0 Å². The summed E-state index contributed by atoms with van der Waals surface area (Å²) in [5.74, 6) is 0.434. The quantitative estimate of drug-likeness (QED) is 0.924. The number of halogens is 3. The van der Waals surface area contributed by atoms with Crippen molar-refractivity contribution in [3.8, 4) is 16.9 Å². The summed E-state index contributed by atoms with van der Waals surface area (Å²) in [6.07, 6.45) is -4.10. The zero-order chi connectivity index (χ0) is 15.9. The van der Waals surface area contributed by atoms with E-state index >= 15 is 0 Å². The Bertz CT molecular complexity index is 727. The first-order valence-electron chi connectivity index (χ1n) is 6.19. The average Bonchev–Trinajstić information content (AvgIpc) is 3.04. The van der Waals surface area contributed by atoms with Crippen LogP contribution in [0.25, 0.3) is 11.1 Å². The predicted octanol–water partition coefficient (Wildman–Crippen LogP) is 2.56. The van der Waals surface area contributed by atoms with Crippen molar-refractivity contribution in [2.45, 2.75) is 12.4 Å². The molecular formula is C13H10F3N3O3. The zero-order valence-electron chi connectivity index (χ0n) is 11.0. The Hall–Kier alpha value is -2.71. The molecule has 0 aliphatic carbocycles. The van der Waals surface area contributed by atoms with Gasteiger partial charge in [-0.25, -0.2) is 4.79 Å². The Kier molecular flexibility index (Phi) is 3.19. The Balaban J connectivity index is 1.89. The molecule has 2 aromatic rings. The molecule has 1 unspecified atom stereocenters. The van der Waals surface area contributed by atoms with Crippen molar-refractivity contribution in [1.82, 2.24) is 9.78 Å². The molecule has 1 aliphatic rings. The van der Waals surface area contributed by atoms with Gasteiger partial charge in [-0.05, 0) is 11.6 Å². The van der Waals surface area contributed by atoms with E-state index in [9.17, 15) is 18.0 Å². The van der Waals surface area contributed by atoms with Gasteiger partial charge in [-0.2, -0.15) is 9.78 Å². The molecule has 116 valence electrons. The molecule has 9 heteroatoms. The number of nitrogens with zero attached hydrogens (tertiary/aromatic N) is 2. The van der Waals surface area contributed by atoms with E-state index in [2.05, 4.69) is 5.10 Å². The van der Waals surface area contributed by atoms with Gasteiger partial charge in [-0.1, -0.05) is 12.1 Å². The summed E-state index contributed by atoms with van der Waals surface area (Å²) >= 11 is 0. The summed E-state index contributed by atoms with van der Waals surface area (Å²) in [6, 6.07) is 4.79. The number of fused-ring (bicyclic) bond motifs is 1. The summed E-state index contributed by atoms with van der Waals surface area (Å²) in [5, 5.41) is 3.28. The van der Waals surface area contributed by atoms with Crippen LogP contribution in [0.5, 0.6) is 5.75 Å². The number of hydrogen-bond acceptors (Lipinski definition) is 4. The van der Waals surface area contributed by atoms with Gasteiger partial charge < -0.3 is 15.2 Å². The lowest BCUT2D eigenvalue weighted by atomic mass is 10.0. The van der Waals surface area contributed by atoms with E-state index in [0.29, 0.717) is 22.4 Å². The van der Waals surface area contributed by atoms with Gasteiger partial charge >= 0.3 is 12.4 Å². The molecule has 1 aliphatic heterocycles. The summed E-state index contributed by atoms with van der Waals surface area (Å²) in [5.41, 5.74) is 6.38. The zero-order valence-corrected chi connectivity index (χ0v) is 11.0.